The number of carbonyl (C=O) groups is 2. The van der Waals surface area contributed by atoms with Crippen LogP contribution in [-0.2, 0) is 4.79 Å². The second kappa shape index (κ2) is 8.08. The molecule has 1 fully saturated rings. The fourth-order valence-corrected chi connectivity index (χ4v) is 2.59. The summed E-state index contributed by atoms with van der Waals surface area (Å²) in [5, 5.41) is 5.85. The summed E-state index contributed by atoms with van der Waals surface area (Å²) >= 11 is 0. The molecule has 0 atom stereocenters. The molecule has 1 aliphatic carbocycles. The number of benzene rings is 2. The highest BCUT2D eigenvalue weighted by Crippen LogP contribution is 2.31. The Hall–Kier alpha value is -3.08. The summed E-state index contributed by atoms with van der Waals surface area (Å²) < 4.78 is 5.55. The van der Waals surface area contributed by atoms with Crippen LogP contribution in [0.15, 0.2) is 54.6 Å². The number of nitrogens with one attached hydrogen (secondary N) is 2. The van der Waals surface area contributed by atoms with Gasteiger partial charge in [0.25, 0.3) is 5.91 Å². The lowest BCUT2D eigenvalue weighted by atomic mass is 10.1. The molecule has 2 amide bonds. The molecule has 2 aromatic carbocycles. The van der Waals surface area contributed by atoms with Crippen LogP contribution >= 0.6 is 0 Å². The van der Waals surface area contributed by atoms with Crippen molar-refractivity contribution in [3.63, 3.8) is 0 Å². The average molecular weight is 364 g/mol. The van der Waals surface area contributed by atoms with Gasteiger partial charge in [0.15, 0.2) is 0 Å². The monoisotopic (exact) mass is 364 g/mol. The van der Waals surface area contributed by atoms with Crippen molar-refractivity contribution in [2.24, 2.45) is 5.92 Å². The topological polar surface area (TPSA) is 67.4 Å². The van der Waals surface area contributed by atoms with E-state index in [9.17, 15) is 9.59 Å². The van der Waals surface area contributed by atoms with Crippen molar-refractivity contribution >= 4 is 23.2 Å². The van der Waals surface area contributed by atoms with Crippen LogP contribution < -0.4 is 15.4 Å². The van der Waals surface area contributed by atoms with Crippen molar-refractivity contribution in [1.82, 2.24) is 0 Å². The summed E-state index contributed by atoms with van der Waals surface area (Å²) in [6, 6.07) is 12.4. The van der Waals surface area contributed by atoms with Crippen LogP contribution in [0.1, 0.15) is 35.7 Å². The minimum atomic E-state index is -0.213. The molecule has 0 aromatic heterocycles. The molecule has 0 aliphatic heterocycles. The molecule has 1 aliphatic rings. The highest BCUT2D eigenvalue weighted by atomic mass is 16.5. The Balaban J connectivity index is 1.66. The summed E-state index contributed by atoms with van der Waals surface area (Å²) in [6.45, 7) is 8.02. The Morgan fingerprint density at radius 2 is 1.70 bits per heavy atom. The van der Waals surface area contributed by atoms with E-state index in [1.54, 1.807) is 24.3 Å². The van der Waals surface area contributed by atoms with E-state index in [1.165, 1.54) is 0 Å². The van der Waals surface area contributed by atoms with Gasteiger partial charge in [0.05, 0.1) is 0 Å². The van der Waals surface area contributed by atoms with Crippen molar-refractivity contribution in [2.75, 3.05) is 17.2 Å². The van der Waals surface area contributed by atoms with Gasteiger partial charge in [-0.25, -0.2) is 0 Å². The first kappa shape index (κ1) is 18.7. The number of ether oxygens (including phenoxy) is 1. The minimum Gasteiger partial charge on any atom is -0.489 e. The molecular weight excluding hydrogens is 340 g/mol. The molecule has 140 valence electrons. The molecule has 0 bridgehead atoms. The average Bonchev–Trinajstić information content (AvgIpc) is 3.49. The van der Waals surface area contributed by atoms with E-state index >= 15 is 0 Å². The maximum Gasteiger partial charge on any atom is 0.255 e. The van der Waals surface area contributed by atoms with Gasteiger partial charge in [0, 0.05) is 22.9 Å². The maximum absolute atomic E-state index is 12.5. The van der Waals surface area contributed by atoms with Crippen LogP contribution in [0.25, 0.3) is 0 Å². The van der Waals surface area contributed by atoms with Gasteiger partial charge in [-0.05, 0) is 74.2 Å². The molecule has 5 heteroatoms. The SMILES string of the molecule is C=C(C)COc1ccc(C(=O)Nc2cccc(NC(=O)C3CC3)c2C)cc1. The third-order valence-corrected chi connectivity index (χ3v) is 4.39. The minimum absolute atomic E-state index is 0.0481. The van der Waals surface area contributed by atoms with Crippen LogP contribution in [0.5, 0.6) is 5.75 Å². The number of hydrogen-bond acceptors (Lipinski definition) is 3. The van der Waals surface area contributed by atoms with E-state index in [-0.39, 0.29) is 17.7 Å². The third kappa shape index (κ3) is 4.97. The lowest BCUT2D eigenvalue weighted by molar-refractivity contribution is -0.117. The van der Waals surface area contributed by atoms with E-state index < -0.39 is 0 Å². The van der Waals surface area contributed by atoms with Crippen LogP contribution in [0.2, 0.25) is 0 Å². The van der Waals surface area contributed by atoms with Crippen LogP contribution in [0.3, 0.4) is 0 Å². The van der Waals surface area contributed by atoms with Crippen molar-refractivity contribution in [2.45, 2.75) is 26.7 Å². The predicted octanol–water partition coefficient (Wildman–Crippen LogP) is 4.55. The number of anilines is 2. The highest BCUT2D eigenvalue weighted by Gasteiger charge is 2.29. The molecule has 2 N–H and O–H groups in total. The molecule has 0 saturated heterocycles. The predicted molar refractivity (Wildman–Crippen MR) is 107 cm³/mol. The number of hydrogen-bond donors (Lipinski definition) is 2. The van der Waals surface area contributed by atoms with E-state index in [2.05, 4.69) is 17.2 Å². The Bertz CT molecular complexity index is 868. The summed E-state index contributed by atoms with van der Waals surface area (Å²) in [6.07, 6.45) is 1.90. The van der Waals surface area contributed by atoms with Crippen molar-refractivity contribution in [3.8, 4) is 5.75 Å². The normalized spacial score (nSPS) is 13.0. The molecule has 1 saturated carbocycles. The van der Waals surface area contributed by atoms with E-state index in [1.807, 2.05) is 32.0 Å². The molecule has 0 unspecified atom stereocenters. The Labute approximate surface area is 159 Å². The van der Waals surface area contributed by atoms with E-state index in [0.717, 1.165) is 29.7 Å². The fraction of sp³-hybridized carbons (Fsp3) is 0.273. The second-order valence-corrected chi connectivity index (χ2v) is 6.97. The first-order chi connectivity index (χ1) is 12.9. The second-order valence-electron chi connectivity index (χ2n) is 6.97. The Morgan fingerprint density at radius 1 is 1.07 bits per heavy atom. The van der Waals surface area contributed by atoms with Crippen molar-refractivity contribution < 1.29 is 14.3 Å². The van der Waals surface area contributed by atoms with Gasteiger partial charge in [-0.1, -0.05) is 12.6 Å². The van der Waals surface area contributed by atoms with Gasteiger partial charge in [0.2, 0.25) is 5.91 Å². The summed E-state index contributed by atoms with van der Waals surface area (Å²) in [5.41, 5.74) is 3.70. The van der Waals surface area contributed by atoms with Crippen molar-refractivity contribution in [3.05, 3.63) is 65.7 Å². The molecule has 3 rings (SSSR count). The van der Waals surface area contributed by atoms with Gasteiger partial charge in [0.1, 0.15) is 12.4 Å². The smallest absolute Gasteiger partial charge is 0.255 e. The van der Waals surface area contributed by atoms with Crippen LogP contribution in [0, 0.1) is 12.8 Å². The zero-order valence-corrected chi connectivity index (χ0v) is 15.7. The molecule has 0 radical (unpaired) electrons. The molecule has 5 nitrogen and oxygen atoms in total. The largest absolute Gasteiger partial charge is 0.489 e. The van der Waals surface area contributed by atoms with Gasteiger partial charge < -0.3 is 15.4 Å². The van der Waals surface area contributed by atoms with E-state index in [0.29, 0.717) is 23.6 Å². The van der Waals surface area contributed by atoms with Gasteiger partial charge in [-0.3, -0.25) is 9.59 Å². The van der Waals surface area contributed by atoms with Crippen molar-refractivity contribution in [1.29, 1.82) is 0 Å². The Morgan fingerprint density at radius 3 is 2.30 bits per heavy atom. The molecule has 0 heterocycles. The third-order valence-electron chi connectivity index (χ3n) is 4.39. The van der Waals surface area contributed by atoms with Gasteiger partial charge >= 0.3 is 0 Å². The fourth-order valence-electron chi connectivity index (χ4n) is 2.59. The number of amides is 2. The first-order valence-corrected chi connectivity index (χ1v) is 9.03. The van der Waals surface area contributed by atoms with Crippen LogP contribution in [-0.4, -0.2) is 18.4 Å². The summed E-state index contributed by atoms with van der Waals surface area (Å²) in [4.78, 5) is 24.5. The summed E-state index contributed by atoms with van der Waals surface area (Å²) in [7, 11) is 0. The highest BCUT2D eigenvalue weighted by molar-refractivity contribution is 6.05. The van der Waals surface area contributed by atoms with Gasteiger partial charge in [-0.2, -0.15) is 0 Å². The number of rotatable bonds is 7. The van der Waals surface area contributed by atoms with Crippen LogP contribution in [0.4, 0.5) is 11.4 Å². The standard InChI is InChI=1S/C22H24N2O3/c1-14(2)13-27-18-11-9-17(10-12-18)22(26)24-20-6-4-5-19(15(20)3)23-21(25)16-7-8-16/h4-6,9-12,16H,1,7-8,13H2,2-3H3,(H,23,25)(H,24,26). The molecule has 27 heavy (non-hydrogen) atoms. The lowest BCUT2D eigenvalue weighted by Gasteiger charge is -2.13. The maximum atomic E-state index is 12.5. The number of carbonyl (C=O) groups excluding carboxylic acids is 2. The zero-order valence-electron chi connectivity index (χ0n) is 15.7. The quantitative estimate of drug-likeness (QED) is 0.708. The zero-order chi connectivity index (χ0) is 19.4. The summed E-state index contributed by atoms with van der Waals surface area (Å²) in [5.74, 6) is 0.658. The molecule has 0 spiro atoms. The van der Waals surface area contributed by atoms with E-state index in [4.69, 9.17) is 4.74 Å². The first-order valence-electron chi connectivity index (χ1n) is 9.03. The van der Waals surface area contributed by atoms with Gasteiger partial charge in [-0.15, -0.1) is 0 Å². The molecular formula is C22H24N2O3. The molecule has 2 aromatic rings. The Kier molecular flexibility index (Phi) is 5.60. The lowest BCUT2D eigenvalue weighted by Crippen LogP contribution is -2.16.